The largest absolute Gasteiger partial charge is 0.398 e. The second-order valence-electron chi connectivity index (χ2n) is 3.93. The van der Waals surface area contributed by atoms with Crippen molar-refractivity contribution >= 4 is 11.4 Å². The van der Waals surface area contributed by atoms with Crippen molar-refractivity contribution in [2.75, 3.05) is 37.4 Å². The van der Waals surface area contributed by atoms with Crippen molar-refractivity contribution < 1.29 is 4.74 Å². The smallest absolute Gasteiger partial charge is 0.0479 e. The number of hydrogen-bond donors (Lipinski definition) is 1. The molecule has 1 aromatic carbocycles. The van der Waals surface area contributed by atoms with E-state index in [4.69, 9.17) is 10.5 Å². The van der Waals surface area contributed by atoms with Crippen molar-refractivity contribution in [3.8, 4) is 0 Å². The van der Waals surface area contributed by atoms with Gasteiger partial charge in [-0.15, -0.1) is 0 Å². The van der Waals surface area contributed by atoms with Gasteiger partial charge in [-0.1, -0.05) is 6.07 Å². The second kappa shape index (κ2) is 4.53. The highest BCUT2D eigenvalue weighted by atomic mass is 16.5. The quantitative estimate of drug-likeness (QED) is 0.601. The number of methoxy groups -OCH3 is 1. The monoisotopic (exact) mass is 206 g/mol. The maximum Gasteiger partial charge on any atom is 0.0479 e. The summed E-state index contributed by atoms with van der Waals surface area (Å²) in [5, 5.41) is 0. The fraction of sp³-hybridized carbons (Fsp3) is 0.500. The molecule has 2 N–H and O–H groups in total. The van der Waals surface area contributed by atoms with E-state index < -0.39 is 0 Å². The van der Waals surface area contributed by atoms with Crippen LogP contribution in [0.2, 0.25) is 0 Å². The fourth-order valence-electron chi connectivity index (χ4n) is 2.16. The van der Waals surface area contributed by atoms with Gasteiger partial charge in [-0.3, -0.25) is 0 Å². The first-order chi connectivity index (χ1) is 7.33. The molecule has 0 bridgehead atoms. The van der Waals surface area contributed by atoms with Crippen LogP contribution in [0.15, 0.2) is 18.2 Å². The van der Waals surface area contributed by atoms with Crippen molar-refractivity contribution in [1.82, 2.24) is 0 Å². The molecule has 0 fully saturated rings. The Morgan fingerprint density at radius 2 is 2.33 bits per heavy atom. The van der Waals surface area contributed by atoms with Crippen LogP contribution in [0.4, 0.5) is 11.4 Å². The number of rotatable bonds is 4. The molecule has 2 rings (SSSR count). The molecule has 3 nitrogen and oxygen atoms in total. The topological polar surface area (TPSA) is 38.5 Å². The van der Waals surface area contributed by atoms with Gasteiger partial charge in [0.1, 0.15) is 0 Å². The zero-order valence-electron chi connectivity index (χ0n) is 9.20. The van der Waals surface area contributed by atoms with Gasteiger partial charge in [-0.25, -0.2) is 0 Å². The summed E-state index contributed by atoms with van der Waals surface area (Å²) in [6.45, 7) is 2.98. The predicted octanol–water partition coefficient (Wildman–Crippen LogP) is 1.67. The van der Waals surface area contributed by atoms with Crippen molar-refractivity contribution in [3.05, 3.63) is 23.8 Å². The lowest BCUT2D eigenvalue weighted by Gasteiger charge is -2.19. The summed E-state index contributed by atoms with van der Waals surface area (Å²) in [5.41, 5.74) is 9.50. The zero-order chi connectivity index (χ0) is 10.7. The molecular weight excluding hydrogens is 188 g/mol. The number of nitrogen functional groups attached to an aromatic ring is 1. The lowest BCUT2D eigenvalue weighted by atomic mass is 10.1. The van der Waals surface area contributed by atoms with Gasteiger partial charge in [-0.2, -0.15) is 0 Å². The summed E-state index contributed by atoms with van der Waals surface area (Å²) in [6, 6.07) is 6.17. The van der Waals surface area contributed by atoms with Crippen LogP contribution < -0.4 is 10.6 Å². The Labute approximate surface area is 90.8 Å². The van der Waals surface area contributed by atoms with Gasteiger partial charge in [0.25, 0.3) is 0 Å². The van der Waals surface area contributed by atoms with Gasteiger partial charge < -0.3 is 15.4 Å². The average molecular weight is 206 g/mol. The first-order valence-electron chi connectivity index (χ1n) is 5.44. The normalized spacial score (nSPS) is 14.3. The first-order valence-corrected chi connectivity index (χ1v) is 5.44. The van der Waals surface area contributed by atoms with Gasteiger partial charge in [0.2, 0.25) is 0 Å². The van der Waals surface area contributed by atoms with Crippen LogP contribution in [0.3, 0.4) is 0 Å². The van der Waals surface area contributed by atoms with E-state index in [1.54, 1.807) is 7.11 Å². The van der Waals surface area contributed by atoms with Gasteiger partial charge in [0.05, 0.1) is 0 Å². The van der Waals surface area contributed by atoms with Crippen LogP contribution in [-0.4, -0.2) is 26.8 Å². The molecule has 15 heavy (non-hydrogen) atoms. The van der Waals surface area contributed by atoms with Gasteiger partial charge >= 0.3 is 0 Å². The molecule has 0 amide bonds. The zero-order valence-corrected chi connectivity index (χ0v) is 9.20. The summed E-state index contributed by atoms with van der Waals surface area (Å²) in [7, 11) is 1.75. The van der Waals surface area contributed by atoms with Crippen molar-refractivity contribution in [1.29, 1.82) is 0 Å². The van der Waals surface area contributed by atoms with E-state index in [1.807, 2.05) is 12.1 Å². The molecule has 1 aromatic rings. The van der Waals surface area contributed by atoms with E-state index in [9.17, 15) is 0 Å². The molecule has 0 saturated carbocycles. The van der Waals surface area contributed by atoms with Gasteiger partial charge in [0, 0.05) is 43.7 Å². The van der Waals surface area contributed by atoms with Crippen molar-refractivity contribution in [2.45, 2.75) is 12.8 Å². The molecule has 0 radical (unpaired) electrons. The van der Waals surface area contributed by atoms with Crippen LogP contribution in [0, 0.1) is 0 Å². The van der Waals surface area contributed by atoms with Crippen molar-refractivity contribution in [2.24, 2.45) is 0 Å². The molecule has 1 aliphatic rings. The minimum absolute atomic E-state index is 0.828. The Bertz CT molecular complexity index is 338. The molecule has 1 aliphatic heterocycles. The van der Waals surface area contributed by atoms with Gasteiger partial charge in [0.15, 0.2) is 0 Å². The van der Waals surface area contributed by atoms with Crippen LogP contribution in [-0.2, 0) is 11.2 Å². The molecular formula is C12H18N2O. The standard InChI is InChI=1S/C12H18N2O/c1-15-9-3-7-14-8-6-10-11(13)4-2-5-12(10)14/h2,4-5H,3,6-9,13H2,1H3. The number of fused-ring (bicyclic) bond motifs is 1. The number of benzene rings is 1. The third kappa shape index (κ3) is 2.07. The Balaban J connectivity index is 2.05. The number of hydrogen-bond acceptors (Lipinski definition) is 3. The minimum atomic E-state index is 0.828. The maximum atomic E-state index is 5.94. The molecule has 0 spiro atoms. The lowest BCUT2D eigenvalue weighted by molar-refractivity contribution is 0.196. The van der Waals surface area contributed by atoms with E-state index >= 15 is 0 Å². The molecule has 0 aliphatic carbocycles. The van der Waals surface area contributed by atoms with E-state index in [-0.39, 0.29) is 0 Å². The molecule has 0 saturated heterocycles. The maximum absolute atomic E-state index is 5.94. The number of anilines is 2. The minimum Gasteiger partial charge on any atom is -0.398 e. The third-order valence-corrected chi connectivity index (χ3v) is 2.94. The van der Waals surface area contributed by atoms with E-state index in [1.165, 1.54) is 11.3 Å². The third-order valence-electron chi connectivity index (χ3n) is 2.94. The molecule has 0 unspecified atom stereocenters. The van der Waals surface area contributed by atoms with Crippen molar-refractivity contribution in [3.63, 3.8) is 0 Å². The van der Waals surface area contributed by atoms with E-state index in [0.717, 1.165) is 38.2 Å². The predicted molar refractivity (Wildman–Crippen MR) is 63.3 cm³/mol. The van der Waals surface area contributed by atoms with Crippen LogP contribution >= 0.6 is 0 Å². The summed E-state index contributed by atoms with van der Waals surface area (Å²) in [5.74, 6) is 0. The Morgan fingerprint density at radius 1 is 1.47 bits per heavy atom. The Kier molecular flexibility index (Phi) is 3.11. The highest BCUT2D eigenvalue weighted by Crippen LogP contribution is 2.31. The Hall–Kier alpha value is -1.22. The summed E-state index contributed by atoms with van der Waals surface area (Å²) >= 11 is 0. The first kappa shape index (κ1) is 10.3. The van der Waals surface area contributed by atoms with Crippen LogP contribution in [0.1, 0.15) is 12.0 Å². The fourth-order valence-corrected chi connectivity index (χ4v) is 2.16. The molecule has 1 heterocycles. The summed E-state index contributed by atoms with van der Waals surface area (Å²) in [6.07, 6.45) is 2.15. The van der Waals surface area contributed by atoms with E-state index in [0.29, 0.717) is 0 Å². The number of nitrogens with two attached hydrogens (primary N) is 1. The lowest BCUT2D eigenvalue weighted by Crippen LogP contribution is -2.22. The average Bonchev–Trinajstić information content (AvgIpc) is 2.64. The SMILES string of the molecule is COCCCN1CCc2c(N)cccc21. The number of nitrogens with zero attached hydrogens (tertiary/aromatic N) is 1. The van der Waals surface area contributed by atoms with Crippen LogP contribution in [0.5, 0.6) is 0 Å². The molecule has 0 atom stereocenters. The highest BCUT2D eigenvalue weighted by molar-refractivity contribution is 5.68. The summed E-state index contributed by atoms with van der Waals surface area (Å²) < 4.78 is 5.06. The second-order valence-corrected chi connectivity index (χ2v) is 3.93. The molecule has 3 heteroatoms. The Morgan fingerprint density at radius 3 is 3.13 bits per heavy atom. The van der Waals surface area contributed by atoms with Crippen LogP contribution in [0.25, 0.3) is 0 Å². The van der Waals surface area contributed by atoms with E-state index in [2.05, 4.69) is 11.0 Å². The molecule has 82 valence electrons. The summed E-state index contributed by atoms with van der Waals surface area (Å²) in [4.78, 5) is 2.39. The number of ether oxygens (including phenoxy) is 1. The molecule has 0 aromatic heterocycles. The highest BCUT2D eigenvalue weighted by Gasteiger charge is 2.19. The van der Waals surface area contributed by atoms with Gasteiger partial charge in [-0.05, 0) is 25.0 Å².